The lowest BCUT2D eigenvalue weighted by Crippen LogP contribution is -2.46. The second-order valence-corrected chi connectivity index (χ2v) is 6.80. The number of nitrogens with zero attached hydrogens (tertiary/aromatic N) is 1. The first-order valence-corrected chi connectivity index (χ1v) is 8.78. The number of benzene rings is 1. The highest BCUT2D eigenvalue weighted by molar-refractivity contribution is 5.94. The first-order valence-electron chi connectivity index (χ1n) is 8.78. The zero-order chi connectivity index (χ0) is 18.7. The summed E-state index contributed by atoms with van der Waals surface area (Å²) in [5.74, 6) is -1.18. The van der Waals surface area contributed by atoms with Gasteiger partial charge in [-0.2, -0.15) is 8.78 Å². The maximum atomic E-state index is 12.5. The van der Waals surface area contributed by atoms with Crippen LogP contribution >= 0.6 is 0 Å². The molecule has 3 atom stereocenters. The average molecular weight is 368 g/mol. The number of nitrogens with one attached hydrogen (secondary N) is 1. The van der Waals surface area contributed by atoms with Gasteiger partial charge in [0.15, 0.2) is 0 Å². The number of carboxylic acid groups (broad SMARTS) is 1. The number of alkyl halides is 2. The van der Waals surface area contributed by atoms with Crippen LogP contribution in [0.1, 0.15) is 32.1 Å². The summed E-state index contributed by atoms with van der Waals surface area (Å²) in [6.07, 6.45) is 4.53. The molecule has 1 aromatic carbocycles. The Morgan fingerprint density at radius 2 is 2.00 bits per heavy atom. The van der Waals surface area contributed by atoms with Crippen LogP contribution in [0.2, 0.25) is 0 Å². The number of hydrogen-bond acceptors (Lipinski definition) is 4. The SMILES string of the molecule is O=C(CN1C(C(=O)O)CC2CCCCC21)Nc1ccccc1OC(F)F. The number of aliphatic carboxylic acids is 1. The smallest absolute Gasteiger partial charge is 0.387 e. The largest absolute Gasteiger partial charge is 0.480 e. The van der Waals surface area contributed by atoms with Crippen molar-refractivity contribution >= 4 is 17.6 Å². The molecule has 1 saturated carbocycles. The molecule has 1 aliphatic heterocycles. The van der Waals surface area contributed by atoms with Crippen LogP contribution in [0.15, 0.2) is 24.3 Å². The third-order valence-electron chi connectivity index (χ3n) is 5.21. The van der Waals surface area contributed by atoms with Crippen molar-refractivity contribution in [2.75, 3.05) is 11.9 Å². The van der Waals surface area contributed by atoms with Crippen molar-refractivity contribution in [3.63, 3.8) is 0 Å². The number of carbonyl (C=O) groups excluding carboxylic acids is 1. The number of carbonyl (C=O) groups is 2. The Kier molecular flexibility index (Phi) is 5.70. The van der Waals surface area contributed by atoms with Gasteiger partial charge in [0.25, 0.3) is 0 Å². The molecule has 2 fully saturated rings. The van der Waals surface area contributed by atoms with Crippen LogP contribution in [-0.2, 0) is 9.59 Å². The minimum atomic E-state index is -2.99. The van der Waals surface area contributed by atoms with Gasteiger partial charge in [-0.05, 0) is 37.3 Å². The highest BCUT2D eigenvalue weighted by Gasteiger charge is 2.45. The summed E-state index contributed by atoms with van der Waals surface area (Å²) in [5, 5.41) is 12.1. The number of amides is 1. The van der Waals surface area contributed by atoms with Crippen molar-refractivity contribution in [2.45, 2.75) is 50.8 Å². The van der Waals surface area contributed by atoms with E-state index in [1.165, 1.54) is 18.2 Å². The minimum absolute atomic E-state index is 0.0822. The molecular weight excluding hydrogens is 346 g/mol. The van der Waals surface area contributed by atoms with Gasteiger partial charge in [0, 0.05) is 6.04 Å². The summed E-state index contributed by atoms with van der Waals surface area (Å²) in [4.78, 5) is 25.8. The van der Waals surface area contributed by atoms with E-state index in [-0.39, 0.29) is 24.0 Å². The lowest BCUT2D eigenvalue weighted by molar-refractivity contribution is -0.143. The number of ether oxygens (including phenoxy) is 1. The molecule has 1 saturated heterocycles. The number of hydrogen-bond donors (Lipinski definition) is 2. The molecule has 3 rings (SSSR count). The molecule has 1 heterocycles. The standard InChI is InChI=1S/C18H22F2N2O4/c19-18(20)26-15-8-4-2-6-12(15)21-16(23)10-22-13-7-3-1-5-11(13)9-14(22)17(24)25/h2,4,6,8,11,13-14,18H,1,3,5,7,9-10H2,(H,21,23)(H,24,25). The number of halogens is 2. The quantitative estimate of drug-likeness (QED) is 0.807. The molecule has 2 aliphatic rings. The van der Waals surface area contributed by atoms with Gasteiger partial charge in [-0.1, -0.05) is 25.0 Å². The summed E-state index contributed by atoms with van der Waals surface area (Å²) in [6, 6.07) is 5.35. The van der Waals surface area contributed by atoms with E-state index in [1.807, 2.05) is 0 Å². The summed E-state index contributed by atoms with van der Waals surface area (Å²) >= 11 is 0. The van der Waals surface area contributed by atoms with Crippen LogP contribution in [0.3, 0.4) is 0 Å². The van der Waals surface area contributed by atoms with E-state index < -0.39 is 24.5 Å². The minimum Gasteiger partial charge on any atom is -0.480 e. The maximum Gasteiger partial charge on any atom is 0.387 e. The lowest BCUT2D eigenvalue weighted by atomic mass is 9.85. The summed E-state index contributed by atoms with van der Waals surface area (Å²) < 4.78 is 29.4. The molecule has 0 bridgehead atoms. The zero-order valence-corrected chi connectivity index (χ0v) is 14.2. The normalized spacial score (nSPS) is 25.7. The fraction of sp³-hybridized carbons (Fsp3) is 0.556. The summed E-state index contributed by atoms with van der Waals surface area (Å²) in [5.41, 5.74) is 0.143. The van der Waals surface area contributed by atoms with Crippen molar-refractivity contribution < 1.29 is 28.2 Å². The molecule has 0 spiro atoms. The molecule has 1 aromatic rings. The van der Waals surface area contributed by atoms with E-state index >= 15 is 0 Å². The third kappa shape index (κ3) is 4.12. The molecule has 0 radical (unpaired) electrons. The number of carboxylic acids is 1. The van der Waals surface area contributed by atoms with Crippen LogP contribution < -0.4 is 10.1 Å². The highest BCUT2D eigenvalue weighted by atomic mass is 19.3. The first kappa shape index (κ1) is 18.6. The summed E-state index contributed by atoms with van der Waals surface area (Å²) in [6.45, 7) is -3.08. The second-order valence-electron chi connectivity index (χ2n) is 6.80. The van der Waals surface area contributed by atoms with Crippen molar-refractivity contribution in [1.82, 2.24) is 4.90 Å². The number of para-hydroxylation sites is 2. The van der Waals surface area contributed by atoms with Crippen LogP contribution in [0, 0.1) is 5.92 Å². The Morgan fingerprint density at radius 1 is 1.27 bits per heavy atom. The van der Waals surface area contributed by atoms with Gasteiger partial charge < -0.3 is 15.2 Å². The van der Waals surface area contributed by atoms with Gasteiger partial charge in [-0.25, -0.2) is 0 Å². The van der Waals surface area contributed by atoms with Gasteiger partial charge in [0.05, 0.1) is 12.2 Å². The molecule has 1 amide bonds. The van der Waals surface area contributed by atoms with Crippen LogP contribution in [-0.4, -0.2) is 47.1 Å². The Hall–Kier alpha value is -2.22. The van der Waals surface area contributed by atoms with Gasteiger partial charge in [0.2, 0.25) is 5.91 Å². The number of likely N-dealkylation sites (tertiary alicyclic amines) is 1. The van der Waals surface area contributed by atoms with Crippen molar-refractivity contribution in [2.24, 2.45) is 5.92 Å². The number of rotatable bonds is 6. The molecule has 6 nitrogen and oxygen atoms in total. The Labute approximate surface area is 150 Å². The zero-order valence-electron chi connectivity index (χ0n) is 14.2. The predicted octanol–water partition coefficient (Wildman–Crippen LogP) is 2.94. The Bertz CT molecular complexity index is 670. The maximum absolute atomic E-state index is 12.5. The lowest BCUT2D eigenvalue weighted by Gasteiger charge is -2.32. The number of fused-ring (bicyclic) bond motifs is 1. The van der Waals surface area contributed by atoms with Crippen molar-refractivity contribution in [1.29, 1.82) is 0 Å². The molecule has 0 aromatic heterocycles. The van der Waals surface area contributed by atoms with Crippen molar-refractivity contribution in [3.05, 3.63) is 24.3 Å². The average Bonchev–Trinajstić information content (AvgIpc) is 2.95. The van der Waals surface area contributed by atoms with Crippen LogP contribution in [0.25, 0.3) is 0 Å². The van der Waals surface area contributed by atoms with Gasteiger partial charge in [0.1, 0.15) is 11.8 Å². The van der Waals surface area contributed by atoms with E-state index in [4.69, 9.17) is 0 Å². The Balaban J connectivity index is 1.70. The first-order chi connectivity index (χ1) is 12.5. The second kappa shape index (κ2) is 7.99. The molecule has 142 valence electrons. The molecule has 1 aliphatic carbocycles. The summed E-state index contributed by atoms with van der Waals surface area (Å²) in [7, 11) is 0. The van der Waals surface area contributed by atoms with Crippen LogP contribution in [0.4, 0.5) is 14.5 Å². The monoisotopic (exact) mass is 368 g/mol. The van der Waals surface area contributed by atoms with E-state index in [0.717, 1.165) is 25.7 Å². The van der Waals surface area contributed by atoms with Crippen LogP contribution in [0.5, 0.6) is 5.75 Å². The van der Waals surface area contributed by atoms with E-state index in [9.17, 15) is 23.5 Å². The third-order valence-corrected chi connectivity index (χ3v) is 5.21. The fourth-order valence-corrected chi connectivity index (χ4v) is 4.15. The van der Waals surface area contributed by atoms with Gasteiger partial charge in [-0.15, -0.1) is 0 Å². The highest BCUT2D eigenvalue weighted by Crippen LogP contribution is 2.39. The van der Waals surface area contributed by atoms with Crippen molar-refractivity contribution in [3.8, 4) is 5.75 Å². The van der Waals surface area contributed by atoms with Gasteiger partial charge in [-0.3, -0.25) is 14.5 Å². The Morgan fingerprint density at radius 3 is 2.73 bits per heavy atom. The predicted molar refractivity (Wildman–Crippen MR) is 90.2 cm³/mol. The molecule has 3 unspecified atom stereocenters. The van der Waals surface area contributed by atoms with E-state index in [1.54, 1.807) is 11.0 Å². The molecule has 26 heavy (non-hydrogen) atoms. The van der Waals surface area contributed by atoms with Gasteiger partial charge >= 0.3 is 12.6 Å². The fourth-order valence-electron chi connectivity index (χ4n) is 4.15. The van der Waals surface area contributed by atoms with E-state index in [0.29, 0.717) is 12.3 Å². The molecule has 2 N–H and O–H groups in total. The molecule has 8 heteroatoms. The topological polar surface area (TPSA) is 78.9 Å². The number of anilines is 1. The molecular formula is C18H22F2N2O4. The van der Waals surface area contributed by atoms with E-state index in [2.05, 4.69) is 10.1 Å².